The lowest BCUT2D eigenvalue weighted by Gasteiger charge is -2.21. The van der Waals surface area contributed by atoms with Crippen molar-refractivity contribution in [3.8, 4) is 11.5 Å². The Bertz CT molecular complexity index is 380. The van der Waals surface area contributed by atoms with Crippen LogP contribution in [-0.4, -0.2) is 16.6 Å². The van der Waals surface area contributed by atoms with Crippen molar-refractivity contribution < 1.29 is 14.6 Å². The summed E-state index contributed by atoms with van der Waals surface area (Å²) >= 11 is 0. The lowest BCUT2D eigenvalue weighted by Crippen LogP contribution is -2.23. The van der Waals surface area contributed by atoms with Crippen LogP contribution in [0, 0.1) is 0 Å². The molecule has 0 aliphatic carbocycles. The lowest BCUT2D eigenvalue weighted by molar-refractivity contribution is 0.0997. The van der Waals surface area contributed by atoms with Gasteiger partial charge in [-0.2, -0.15) is 0 Å². The molecule has 15 heavy (non-hydrogen) atoms. The van der Waals surface area contributed by atoms with E-state index in [1.165, 1.54) is 12.1 Å². The first-order valence-electron chi connectivity index (χ1n) is 4.61. The number of phenols is 1. The van der Waals surface area contributed by atoms with Crippen molar-refractivity contribution in [1.29, 1.82) is 0 Å². The minimum atomic E-state index is -0.658. The Kier molecular flexibility index (Phi) is 2.88. The van der Waals surface area contributed by atoms with E-state index in [0.717, 1.165) is 0 Å². The van der Waals surface area contributed by atoms with Crippen molar-refractivity contribution in [2.75, 3.05) is 0 Å². The monoisotopic (exact) mass is 209 g/mol. The van der Waals surface area contributed by atoms with E-state index in [1.54, 1.807) is 6.07 Å². The smallest absolute Gasteiger partial charge is 0.252 e. The molecule has 0 fully saturated rings. The molecule has 1 amide bonds. The Morgan fingerprint density at radius 1 is 1.40 bits per heavy atom. The quantitative estimate of drug-likeness (QED) is 0.778. The van der Waals surface area contributed by atoms with Gasteiger partial charge >= 0.3 is 0 Å². The maximum atomic E-state index is 10.8. The summed E-state index contributed by atoms with van der Waals surface area (Å²) < 4.78 is 5.51. The van der Waals surface area contributed by atoms with Crippen LogP contribution in [0.4, 0.5) is 0 Å². The summed E-state index contributed by atoms with van der Waals surface area (Å²) in [5.41, 5.74) is 4.80. The van der Waals surface area contributed by atoms with Crippen LogP contribution < -0.4 is 10.5 Å². The molecule has 0 radical (unpaired) electrons. The highest BCUT2D eigenvalue weighted by atomic mass is 16.5. The highest BCUT2D eigenvalue weighted by Crippen LogP contribution is 2.25. The zero-order valence-electron chi connectivity index (χ0n) is 9.07. The van der Waals surface area contributed by atoms with E-state index >= 15 is 0 Å². The van der Waals surface area contributed by atoms with Crippen LogP contribution in [0.25, 0.3) is 0 Å². The molecule has 1 aromatic carbocycles. The Morgan fingerprint density at radius 2 is 2.00 bits per heavy atom. The van der Waals surface area contributed by atoms with Gasteiger partial charge in [-0.25, -0.2) is 0 Å². The summed E-state index contributed by atoms with van der Waals surface area (Å²) in [6.07, 6.45) is 0. The first kappa shape index (κ1) is 11.4. The highest BCUT2D eigenvalue weighted by molar-refractivity contribution is 5.95. The van der Waals surface area contributed by atoms with Crippen LogP contribution in [0.2, 0.25) is 0 Å². The van der Waals surface area contributed by atoms with Crippen molar-refractivity contribution in [2.24, 2.45) is 5.73 Å². The minimum Gasteiger partial charge on any atom is -0.507 e. The third-order valence-corrected chi connectivity index (χ3v) is 1.66. The molecule has 4 heteroatoms. The molecule has 0 aromatic heterocycles. The molecule has 0 aliphatic heterocycles. The van der Waals surface area contributed by atoms with E-state index in [1.807, 2.05) is 20.8 Å². The van der Waals surface area contributed by atoms with Crippen molar-refractivity contribution in [3.05, 3.63) is 23.8 Å². The number of carbonyl (C=O) groups is 1. The zero-order chi connectivity index (χ0) is 11.6. The van der Waals surface area contributed by atoms with Crippen molar-refractivity contribution in [3.63, 3.8) is 0 Å². The summed E-state index contributed by atoms with van der Waals surface area (Å²) in [4.78, 5) is 10.8. The number of ether oxygens (including phenoxy) is 1. The highest BCUT2D eigenvalue weighted by Gasteiger charge is 2.14. The average molecular weight is 209 g/mol. The van der Waals surface area contributed by atoms with E-state index in [0.29, 0.717) is 5.75 Å². The van der Waals surface area contributed by atoms with Crippen molar-refractivity contribution in [2.45, 2.75) is 26.4 Å². The SMILES string of the molecule is CC(C)(C)Oc1ccc(C(N)=O)c(O)c1. The molecule has 0 saturated carbocycles. The third kappa shape index (κ3) is 3.16. The van der Waals surface area contributed by atoms with Gasteiger partial charge in [0, 0.05) is 6.07 Å². The molecule has 0 bridgehead atoms. The summed E-state index contributed by atoms with van der Waals surface area (Å²) in [6.45, 7) is 5.68. The fourth-order valence-electron chi connectivity index (χ4n) is 1.14. The van der Waals surface area contributed by atoms with Gasteiger partial charge in [-0.15, -0.1) is 0 Å². The predicted octanol–water partition coefficient (Wildman–Crippen LogP) is 1.67. The topological polar surface area (TPSA) is 72.5 Å². The van der Waals surface area contributed by atoms with E-state index in [9.17, 15) is 9.90 Å². The van der Waals surface area contributed by atoms with Crippen molar-refractivity contribution in [1.82, 2.24) is 0 Å². The lowest BCUT2D eigenvalue weighted by atomic mass is 10.1. The number of primary amides is 1. The molecule has 0 spiro atoms. The van der Waals surface area contributed by atoms with E-state index in [2.05, 4.69) is 0 Å². The third-order valence-electron chi connectivity index (χ3n) is 1.66. The largest absolute Gasteiger partial charge is 0.507 e. The standard InChI is InChI=1S/C11H15NO3/c1-11(2,3)15-7-4-5-8(10(12)14)9(13)6-7/h4-6,13H,1-3H3,(H2,12,14). The summed E-state index contributed by atoms with van der Waals surface area (Å²) in [7, 11) is 0. The van der Waals surface area contributed by atoms with Gasteiger partial charge in [-0.3, -0.25) is 4.79 Å². The van der Waals surface area contributed by atoms with Crippen LogP contribution in [0.3, 0.4) is 0 Å². The first-order valence-corrected chi connectivity index (χ1v) is 4.61. The molecule has 82 valence electrons. The Labute approximate surface area is 88.7 Å². The van der Waals surface area contributed by atoms with Crippen molar-refractivity contribution >= 4 is 5.91 Å². The number of hydrogen-bond donors (Lipinski definition) is 2. The number of rotatable bonds is 2. The second-order valence-electron chi connectivity index (χ2n) is 4.26. The predicted molar refractivity (Wildman–Crippen MR) is 57.0 cm³/mol. The van der Waals surface area contributed by atoms with Gasteiger partial charge in [-0.05, 0) is 32.9 Å². The molecule has 1 rings (SSSR count). The molecule has 0 saturated heterocycles. The fraction of sp³-hybridized carbons (Fsp3) is 0.364. The van der Waals surface area contributed by atoms with Crippen LogP contribution in [-0.2, 0) is 0 Å². The van der Waals surface area contributed by atoms with E-state index in [4.69, 9.17) is 10.5 Å². The van der Waals surface area contributed by atoms with Crippen LogP contribution in [0.15, 0.2) is 18.2 Å². The molecule has 0 heterocycles. The maximum Gasteiger partial charge on any atom is 0.252 e. The molecule has 4 nitrogen and oxygen atoms in total. The molecule has 0 aliphatic rings. The number of hydrogen-bond acceptors (Lipinski definition) is 3. The fourth-order valence-corrected chi connectivity index (χ4v) is 1.14. The molecular weight excluding hydrogens is 194 g/mol. The summed E-state index contributed by atoms with van der Waals surface area (Å²) in [5.74, 6) is -0.316. The Morgan fingerprint density at radius 3 is 2.40 bits per heavy atom. The number of amides is 1. The second-order valence-corrected chi connectivity index (χ2v) is 4.26. The van der Waals surface area contributed by atoms with Crippen LogP contribution in [0.5, 0.6) is 11.5 Å². The molecule has 3 N–H and O–H groups in total. The Hall–Kier alpha value is -1.71. The number of carbonyl (C=O) groups excluding carboxylic acids is 1. The van der Waals surface area contributed by atoms with E-state index in [-0.39, 0.29) is 16.9 Å². The van der Waals surface area contributed by atoms with Gasteiger partial charge in [0.15, 0.2) is 0 Å². The van der Waals surface area contributed by atoms with Gasteiger partial charge in [0.25, 0.3) is 5.91 Å². The van der Waals surface area contributed by atoms with Crippen LogP contribution in [0.1, 0.15) is 31.1 Å². The Balaban J connectivity index is 2.97. The second kappa shape index (κ2) is 3.81. The van der Waals surface area contributed by atoms with Gasteiger partial charge in [-0.1, -0.05) is 0 Å². The summed E-state index contributed by atoms with van der Waals surface area (Å²) in [5, 5.41) is 9.48. The summed E-state index contributed by atoms with van der Waals surface area (Å²) in [6, 6.07) is 4.43. The van der Waals surface area contributed by atoms with Gasteiger partial charge in [0.1, 0.15) is 17.1 Å². The molecule has 1 aromatic rings. The average Bonchev–Trinajstić information content (AvgIpc) is 1.99. The molecular formula is C11H15NO3. The number of aromatic hydroxyl groups is 1. The molecule has 0 atom stereocenters. The molecule has 0 unspecified atom stereocenters. The van der Waals surface area contributed by atoms with Gasteiger partial charge in [0.2, 0.25) is 0 Å². The minimum absolute atomic E-state index is 0.0938. The van der Waals surface area contributed by atoms with E-state index < -0.39 is 5.91 Å². The number of nitrogens with two attached hydrogens (primary N) is 1. The van der Waals surface area contributed by atoms with Gasteiger partial charge in [0.05, 0.1) is 5.56 Å². The number of benzene rings is 1. The normalized spacial score (nSPS) is 11.1. The van der Waals surface area contributed by atoms with Crippen LogP contribution >= 0.6 is 0 Å². The zero-order valence-corrected chi connectivity index (χ0v) is 9.07. The first-order chi connectivity index (χ1) is 6.79. The maximum absolute atomic E-state index is 10.8. The van der Waals surface area contributed by atoms with Gasteiger partial charge < -0.3 is 15.6 Å².